The molecular formula is C19H17FN2O6. The van der Waals surface area contributed by atoms with E-state index in [0.29, 0.717) is 5.69 Å². The molecule has 1 fully saturated rings. The van der Waals surface area contributed by atoms with Crippen molar-refractivity contribution in [3.63, 3.8) is 0 Å². The van der Waals surface area contributed by atoms with Gasteiger partial charge < -0.3 is 14.8 Å². The number of nitrogens with one attached hydrogen (secondary N) is 1. The van der Waals surface area contributed by atoms with Gasteiger partial charge in [0.25, 0.3) is 5.69 Å². The van der Waals surface area contributed by atoms with Crippen molar-refractivity contribution >= 4 is 23.1 Å². The average molecular weight is 388 g/mol. The molecule has 1 aliphatic carbocycles. The van der Waals surface area contributed by atoms with Crippen LogP contribution in [0.2, 0.25) is 0 Å². The Morgan fingerprint density at radius 3 is 2.54 bits per heavy atom. The van der Waals surface area contributed by atoms with Crippen LogP contribution in [0.25, 0.3) is 0 Å². The predicted molar refractivity (Wildman–Crippen MR) is 97.3 cm³/mol. The molecule has 0 bridgehead atoms. The molecule has 0 aromatic heterocycles. The van der Waals surface area contributed by atoms with Crippen LogP contribution in [0.4, 0.5) is 15.8 Å². The summed E-state index contributed by atoms with van der Waals surface area (Å²) in [6.45, 7) is -0.625. The van der Waals surface area contributed by atoms with Gasteiger partial charge in [-0.15, -0.1) is 0 Å². The molecule has 2 aromatic rings. The molecule has 0 saturated heterocycles. The zero-order valence-corrected chi connectivity index (χ0v) is 14.9. The van der Waals surface area contributed by atoms with Crippen LogP contribution >= 0.6 is 0 Å². The molecule has 1 aliphatic rings. The number of nitro benzene ring substituents is 1. The SMILES string of the molecule is COc1ccc(C(=O)COC(=O)c2ccc(NC3CC3)c([N+](=O)[O-])c2)cc1F. The maximum atomic E-state index is 13.7. The first-order valence-electron chi connectivity index (χ1n) is 8.48. The van der Waals surface area contributed by atoms with Gasteiger partial charge in [0, 0.05) is 17.7 Å². The molecule has 146 valence electrons. The van der Waals surface area contributed by atoms with Crippen molar-refractivity contribution in [2.24, 2.45) is 0 Å². The highest BCUT2D eigenvalue weighted by Crippen LogP contribution is 2.31. The highest BCUT2D eigenvalue weighted by atomic mass is 19.1. The van der Waals surface area contributed by atoms with E-state index in [-0.39, 0.29) is 28.6 Å². The van der Waals surface area contributed by atoms with Crippen LogP contribution in [0, 0.1) is 15.9 Å². The number of nitro groups is 1. The predicted octanol–water partition coefficient (Wildman–Crippen LogP) is 3.36. The summed E-state index contributed by atoms with van der Waals surface area (Å²) in [5.41, 5.74) is 0.0431. The second-order valence-corrected chi connectivity index (χ2v) is 6.26. The van der Waals surface area contributed by atoms with Crippen molar-refractivity contribution in [1.29, 1.82) is 0 Å². The maximum absolute atomic E-state index is 13.7. The average Bonchev–Trinajstić information content (AvgIpc) is 3.49. The first-order valence-corrected chi connectivity index (χ1v) is 8.48. The van der Waals surface area contributed by atoms with E-state index < -0.39 is 29.1 Å². The summed E-state index contributed by atoms with van der Waals surface area (Å²) >= 11 is 0. The Labute approximate surface area is 159 Å². The third-order valence-corrected chi connectivity index (χ3v) is 4.18. The smallest absolute Gasteiger partial charge is 0.338 e. The number of esters is 1. The van der Waals surface area contributed by atoms with Crippen molar-refractivity contribution in [1.82, 2.24) is 0 Å². The molecule has 0 atom stereocenters. The van der Waals surface area contributed by atoms with Gasteiger partial charge in [0.2, 0.25) is 0 Å². The lowest BCUT2D eigenvalue weighted by atomic mass is 10.1. The Morgan fingerprint density at radius 1 is 1.21 bits per heavy atom. The summed E-state index contributed by atoms with van der Waals surface area (Å²) in [7, 11) is 1.30. The molecule has 8 nitrogen and oxygen atoms in total. The highest BCUT2D eigenvalue weighted by molar-refractivity contribution is 5.99. The molecule has 0 spiro atoms. The van der Waals surface area contributed by atoms with Crippen molar-refractivity contribution in [2.45, 2.75) is 18.9 Å². The zero-order valence-electron chi connectivity index (χ0n) is 14.9. The van der Waals surface area contributed by atoms with E-state index in [1.54, 1.807) is 0 Å². The topological polar surface area (TPSA) is 108 Å². The number of carbonyl (C=O) groups is 2. The largest absolute Gasteiger partial charge is 0.494 e. The minimum Gasteiger partial charge on any atom is -0.494 e. The number of hydrogen-bond donors (Lipinski definition) is 1. The van der Waals surface area contributed by atoms with E-state index in [2.05, 4.69) is 5.32 Å². The molecule has 1 saturated carbocycles. The summed E-state index contributed by atoms with van der Waals surface area (Å²) in [6.07, 6.45) is 1.88. The third-order valence-electron chi connectivity index (χ3n) is 4.18. The molecule has 1 N–H and O–H groups in total. The summed E-state index contributed by atoms with van der Waals surface area (Å²) in [5.74, 6) is -2.23. The van der Waals surface area contributed by atoms with Gasteiger partial charge in [-0.25, -0.2) is 9.18 Å². The molecule has 0 radical (unpaired) electrons. The fraction of sp³-hybridized carbons (Fsp3) is 0.263. The van der Waals surface area contributed by atoms with Crippen LogP contribution in [0.3, 0.4) is 0 Å². The monoisotopic (exact) mass is 388 g/mol. The Balaban J connectivity index is 1.67. The number of Topliss-reactive ketones (excluding diaryl/α,β-unsaturated/α-hetero) is 1. The third kappa shape index (κ3) is 4.43. The molecule has 0 aliphatic heterocycles. The van der Waals surface area contributed by atoms with Crippen LogP contribution in [-0.4, -0.2) is 36.4 Å². The van der Waals surface area contributed by atoms with Gasteiger partial charge >= 0.3 is 5.97 Å². The quantitative estimate of drug-likeness (QED) is 0.320. The number of ketones is 1. The number of rotatable bonds is 8. The van der Waals surface area contributed by atoms with Crippen LogP contribution in [0.1, 0.15) is 33.6 Å². The van der Waals surface area contributed by atoms with E-state index in [0.717, 1.165) is 25.0 Å². The molecular weight excluding hydrogens is 371 g/mol. The summed E-state index contributed by atoms with van der Waals surface area (Å²) in [6, 6.07) is 7.76. The van der Waals surface area contributed by atoms with Crippen molar-refractivity contribution in [3.05, 3.63) is 63.5 Å². The van der Waals surface area contributed by atoms with Crippen LogP contribution in [0.15, 0.2) is 36.4 Å². The van der Waals surface area contributed by atoms with Crippen LogP contribution in [0.5, 0.6) is 5.75 Å². The Kier molecular flexibility index (Phi) is 5.53. The standard InChI is InChI=1S/C19H17FN2O6/c1-27-18-7-3-11(8-14(18)20)17(23)10-28-19(24)12-2-6-15(21-13-4-5-13)16(9-12)22(25)26/h2-3,6-9,13,21H,4-5,10H2,1H3. The highest BCUT2D eigenvalue weighted by Gasteiger charge is 2.26. The number of benzene rings is 2. The van der Waals surface area contributed by atoms with Crippen LogP contribution in [-0.2, 0) is 4.74 Å². The molecule has 9 heteroatoms. The van der Waals surface area contributed by atoms with Crippen molar-refractivity contribution in [3.8, 4) is 5.75 Å². The second-order valence-electron chi connectivity index (χ2n) is 6.26. The van der Waals surface area contributed by atoms with Crippen LogP contribution < -0.4 is 10.1 Å². The lowest BCUT2D eigenvalue weighted by Gasteiger charge is -2.08. The van der Waals surface area contributed by atoms with Gasteiger partial charge in [-0.1, -0.05) is 0 Å². The molecule has 0 unspecified atom stereocenters. The van der Waals surface area contributed by atoms with Crippen molar-refractivity contribution < 1.29 is 28.4 Å². The Hall–Kier alpha value is -3.49. The fourth-order valence-corrected chi connectivity index (χ4v) is 2.52. The lowest BCUT2D eigenvalue weighted by molar-refractivity contribution is -0.384. The normalized spacial score (nSPS) is 12.9. The van der Waals surface area contributed by atoms with Gasteiger partial charge in [0.1, 0.15) is 5.69 Å². The number of hydrogen-bond acceptors (Lipinski definition) is 7. The summed E-state index contributed by atoms with van der Waals surface area (Å²) < 4.78 is 23.4. The summed E-state index contributed by atoms with van der Waals surface area (Å²) in [4.78, 5) is 34.9. The van der Waals surface area contributed by atoms with Gasteiger partial charge in [-0.05, 0) is 43.2 Å². The minimum atomic E-state index is -0.886. The molecule has 0 amide bonds. The van der Waals surface area contributed by atoms with E-state index in [1.165, 1.54) is 31.4 Å². The van der Waals surface area contributed by atoms with Gasteiger partial charge in [-0.3, -0.25) is 14.9 Å². The molecule has 28 heavy (non-hydrogen) atoms. The number of nitrogens with zero attached hydrogens (tertiary/aromatic N) is 1. The maximum Gasteiger partial charge on any atom is 0.338 e. The van der Waals surface area contributed by atoms with E-state index in [4.69, 9.17) is 9.47 Å². The number of carbonyl (C=O) groups excluding carboxylic acids is 2. The van der Waals surface area contributed by atoms with Crippen molar-refractivity contribution in [2.75, 3.05) is 19.0 Å². The summed E-state index contributed by atoms with van der Waals surface area (Å²) in [5, 5.41) is 14.3. The minimum absolute atomic E-state index is 0.0132. The number of ether oxygens (including phenoxy) is 2. The van der Waals surface area contributed by atoms with E-state index in [9.17, 15) is 24.1 Å². The van der Waals surface area contributed by atoms with E-state index in [1.807, 2.05) is 0 Å². The molecule has 2 aromatic carbocycles. The first-order chi connectivity index (χ1) is 13.4. The van der Waals surface area contributed by atoms with E-state index >= 15 is 0 Å². The van der Waals surface area contributed by atoms with Gasteiger partial charge in [0.15, 0.2) is 24.0 Å². The number of methoxy groups -OCH3 is 1. The number of anilines is 1. The van der Waals surface area contributed by atoms with Gasteiger partial charge in [0.05, 0.1) is 17.6 Å². The number of halogens is 1. The fourth-order valence-electron chi connectivity index (χ4n) is 2.52. The first kappa shape index (κ1) is 19.3. The second kappa shape index (κ2) is 8.03. The molecule has 0 heterocycles. The van der Waals surface area contributed by atoms with Gasteiger partial charge in [-0.2, -0.15) is 0 Å². The zero-order chi connectivity index (χ0) is 20.3. The lowest BCUT2D eigenvalue weighted by Crippen LogP contribution is -2.15. The Morgan fingerprint density at radius 2 is 1.93 bits per heavy atom. The Bertz CT molecular complexity index is 942. The molecule has 3 rings (SSSR count).